The molecule has 0 heterocycles. The summed E-state index contributed by atoms with van der Waals surface area (Å²) in [7, 11) is 1.63. The van der Waals surface area contributed by atoms with Gasteiger partial charge in [-0.3, -0.25) is 10.1 Å². The SMILES string of the molecule is C=CCCCN(C)C(=O)NC(=O)C(C)Cl. The second-order valence-electron chi connectivity index (χ2n) is 3.26. The molecule has 1 unspecified atom stereocenters. The van der Waals surface area contributed by atoms with Crippen LogP contribution in [0.2, 0.25) is 0 Å². The average molecular weight is 233 g/mol. The fraction of sp³-hybridized carbons (Fsp3) is 0.600. The number of urea groups is 1. The predicted octanol–water partition coefficient (Wildman–Crippen LogP) is 1.75. The first-order valence-electron chi connectivity index (χ1n) is 4.80. The number of amides is 3. The van der Waals surface area contributed by atoms with Crippen LogP contribution in [0.3, 0.4) is 0 Å². The summed E-state index contributed by atoms with van der Waals surface area (Å²) in [4.78, 5) is 23.9. The molecule has 0 aliphatic rings. The summed E-state index contributed by atoms with van der Waals surface area (Å²) in [6, 6.07) is -0.420. The van der Waals surface area contributed by atoms with E-state index in [2.05, 4.69) is 11.9 Å². The van der Waals surface area contributed by atoms with Gasteiger partial charge >= 0.3 is 6.03 Å². The molecule has 0 radical (unpaired) electrons. The number of hydrogen-bond donors (Lipinski definition) is 1. The summed E-state index contributed by atoms with van der Waals surface area (Å²) in [5.41, 5.74) is 0. The van der Waals surface area contributed by atoms with Crippen molar-refractivity contribution in [1.82, 2.24) is 10.2 Å². The molecule has 3 amide bonds. The van der Waals surface area contributed by atoms with Crippen molar-refractivity contribution in [3.63, 3.8) is 0 Å². The van der Waals surface area contributed by atoms with Gasteiger partial charge in [-0.2, -0.15) is 0 Å². The summed E-state index contributed by atoms with van der Waals surface area (Å²) < 4.78 is 0. The third kappa shape index (κ3) is 6.12. The molecule has 4 nitrogen and oxygen atoms in total. The molecule has 0 saturated heterocycles. The maximum atomic E-state index is 11.4. The standard InChI is InChI=1S/C10H17ClN2O2/c1-4-5-6-7-13(3)10(15)12-9(14)8(2)11/h4,8H,1,5-7H2,2-3H3,(H,12,14,15). The van der Waals surface area contributed by atoms with Gasteiger partial charge in [0.25, 0.3) is 0 Å². The maximum Gasteiger partial charge on any atom is 0.323 e. The van der Waals surface area contributed by atoms with Crippen molar-refractivity contribution in [2.75, 3.05) is 13.6 Å². The van der Waals surface area contributed by atoms with Crippen LogP contribution in [-0.2, 0) is 4.79 Å². The first-order chi connectivity index (χ1) is 6.99. The Morgan fingerprint density at radius 2 is 2.20 bits per heavy atom. The monoisotopic (exact) mass is 232 g/mol. The molecule has 15 heavy (non-hydrogen) atoms. The summed E-state index contributed by atoms with van der Waals surface area (Å²) >= 11 is 5.51. The molecule has 0 aromatic rings. The molecular formula is C10H17ClN2O2. The highest BCUT2D eigenvalue weighted by atomic mass is 35.5. The van der Waals surface area contributed by atoms with E-state index in [9.17, 15) is 9.59 Å². The van der Waals surface area contributed by atoms with Crippen LogP contribution in [0, 0.1) is 0 Å². The number of imide groups is 1. The molecule has 0 rings (SSSR count). The number of nitrogens with zero attached hydrogens (tertiary/aromatic N) is 1. The lowest BCUT2D eigenvalue weighted by molar-refractivity contribution is -0.119. The molecule has 5 heteroatoms. The zero-order chi connectivity index (χ0) is 11.8. The van der Waals surface area contributed by atoms with Crippen LogP contribution in [0.4, 0.5) is 4.79 Å². The van der Waals surface area contributed by atoms with E-state index >= 15 is 0 Å². The second-order valence-corrected chi connectivity index (χ2v) is 3.92. The molecule has 86 valence electrons. The number of unbranched alkanes of at least 4 members (excludes halogenated alkanes) is 1. The average Bonchev–Trinajstić information content (AvgIpc) is 2.17. The molecule has 0 saturated carbocycles. The Morgan fingerprint density at radius 3 is 2.67 bits per heavy atom. The molecule has 0 aliphatic heterocycles. The molecule has 0 bridgehead atoms. The summed E-state index contributed by atoms with van der Waals surface area (Å²) in [6.07, 6.45) is 3.47. The maximum absolute atomic E-state index is 11.4. The molecule has 1 atom stereocenters. The van der Waals surface area contributed by atoms with E-state index in [1.165, 1.54) is 11.8 Å². The number of rotatable bonds is 5. The Kier molecular flexibility index (Phi) is 6.79. The summed E-state index contributed by atoms with van der Waals surface area (Å²) in [6.45, 7) is 5.68. The van der Waals surface area contributed by atoms with E-state index in [1.54, 1.807) is 13.1 Å². The third-order valence-corrected chi connectivity index (χ3v) is 2.04. The van der Waals surface area contributed by atoms with E-state index in [4.69, 9.17) is 11.6 Å². The lowest BCUT2D eigenvalue weighted by Gasteiger charge is -2.17. The van der Waals surface area contributed by atoms with Crippen LogP contribution in [-0.4, -0.2) is 35.8 Å². The number of carbonyl (C=O) groups excluding carboxylic acids is 2. The highest BCUT2D eigenvalue weighted by Gasteiger charge is 2.15. The van der Waals surface area contributed by atoms with Gasteiger partial charge < -0.3 is 4.90 Å². The molecule has 0 aliphatic carbocycles. The van der Waals surface area contributed by atoms with Gasteiger partial charge in [0.15, 0.2) is 0 Å². The van der Waals surface area contributed by atoms with Crippen molar-refractivity contribution in [3.8, 4) is 0 Å². The van der Waals surface area contributed by atoms with E-state index in [1.807, 2.05) is 0 Å². The second kappa shape index (κ2) is 7.29. The van der Waals surface area contributed by atoms with E-state index < -0.39 is 17.3 Å². The predicted molar refractivity (Wildman–Crippen MR) is 60.9 cm³/mol. The van der Waals surface area contributed by atoms with Gasteiger partial charge in [-0.25, -0.2) is 4.79 Å². The molecule has 0 aromatic carbocycles. The molecule has 0 fully saturated rings. The Labute approximate surface area is 95.3 Å². The Balaban J connectivity index is 3.88. The van der Waals surface area contributed by atoms with Gasteiger partial charge in [0.1, 0.15) is 5.38 Å². The van der Waals surface area contributed by atoms with Crippen molar-refractivity contribution < 1.29 is 9.59 Å². The Bertz CT molecular complexity index is 242. The van der Waals surface area contributed by atoms with Crippen LogP contribution in [0.5, 0.6) is 0 Å². The van der Waals surface area contributed by atoms with Crippen molar-refractivity contribution in [3.05, 3.63) is 12.7 Å². The molecular weight excluding hydrogens is 216 g/mol. The van der Waals surface area contributed by atoms with E-state index in [-0.39, 0.29) is 0 Å². The van der Waals surface area contributed by atoms with Gasteiger partial charge in [-0.1, -0.05) is 6.08 Å². The number of carbonyl (C=O) groups is 2. The minimum Gasteiger partial charge on any atom is -0.328 e. The van der Waals surface area contributed by atoms with Crippen LogP contribution < -0.4 is 5.32 Å². The Hall–Kier alpha value is -1.03. The number of hydrogen-bond acceptors (Lipinski definition) is 2. The van der Waals surface area contributed by atoms with Crippen LogP contribution in [0.1, 0.15) is 19.8 Å². The number of halogens is 1. The molecule has 0 aromatic heterocycles. The number of allylic oxidation sites excluding steroid dienone is 1. The molecule has 0 spiro atoms. The quantitative estimate of drug-likeness (QED) is 0.446. The smallest absolute Gasteiger partial charge is 0.323 e. The third-order valence-electron chi connectivity index (χ3n) is 1.84. The van der Waals surface area contributed by atoms with Gasteiger partial charge in [0.05, 0.1) is 0 Å². The summed E-state index contributed by atoms with van der Waals surface area (Å²) in [5.74, 6) is -0.475. The van der Waals surface area contributed by atoms with E-state index in [0.29, 0.717) is 6.54 Å². The van der Waals surface area contributed by atoms with Gasteiger partial charge in [0, 0.05) is 13.6 Å². The van der Waals surface area contributed by atoms with Crippen LogP contribution >= 0.6 is 11.6 Å². The summed E-state index contributed by atoms with van der Waals surface area (Å²) in [5, 5.41) is 1.50. The van der Waals surface area contributed by atoms with Gasteiger partial charge in [-0.15, -0.1) is 18.2 Å². The highest BCUT2D eigenvalue weighted by molar-refractivity contribution is 6.31. The fourth-order valence-electron chi connectivity index (χ4n) is 0.875. The largest absolute Gasteiger partial charge is 0.328 e. The van der Waals surface area contributed by atoms with E-state index in [0.717, 1.165) is 12.8 Å². The first-order valence-corrected chi connectivity index (χ1v) is 5.23. The fourth-order valence-corrected chi connectivity index (χ4v) is 0.929. The zero-order valence-electron chi connectivity index (χ0n) is 9.12. The zero-order valence-corrected chi connectivity index (χ0v) is 9.88. The van der Waals surface area contributed by atoms with Crippen LogP contribution in [0.25, 0.3) is 0 Å². The van der Waals surface area contributed by atoms with Crippen LogP contribution in [0.15, 0.2) is 12.7 Å². The lowest BCUT2D eigenvalue weighted by Crippen LogP contribution is -2.43. The molecule has 1 N–H and O–H groups in total. The minimum absolute atomic E-state index is 0.420. The van der Waals surface area contributed by atoms with Gasteiger partial charge in [-0.05, 0) is 19.8 Å². The first kappa shape index (κ1) is 14.0. The number of nitrogens with one attached hydrogen (secondary N) is 1. The van der Waals surface area contributed by atoms with Crippen molar-refractivity contribution in [2.24, 2.45) is 0 Å². The highest BCUT2D eigenvalue weighted by Crippen LogP contribution is 1.96. The Morgan fingerprint density at radius 1 is 1.60 bits per heavy atom. The lowest BCUT2D eigenvalue weighted by atomic mass is 10.3. The van der Waals surface area contributed by atoms with Crippen molar-refractivity contribution in [1.29, 1.82) is 0 Å². The normalized spacial score (nSPS) is 11.7. The topological polar surface area (TPSA) is 49.4 Å². The van der Waals surface area contributed by atoms with Crippen molar-refractivity contribution in [2.45, 2.75) is 25.1 Å². The number of alkyl halides is 1. The van der Waals surface area contributed by atoms with Crippen molar-refractivity contribution >= 4 is 23.5 Å². The minimum atomic E-state index is -0.699. The van der Waals surface area contributed by atoms with Gasteiger partial charge in [0.2, 0.25) is 5.91 Å².